The van der Waals surface area contributed by atoms with E-state index in [2.05, 4.69) is 10.2 Å². The van der Waals surface area contributed by atoms with Crippen LogP contribution in [0.4, 0.5) is 11.4 Å². The minimum Gasteiger partial charge on any atom is -0.497 e. The number of hydrogen-bond acceptors (Lipinski definition) is 5. The van der Waals surface area contributed by atoms with Gasteiger partial charge in [-0.3, -0.25) is 9.59 Å². The van der Waals surface area contributed by atoms with E-state index in [1.54, 1.807) is 24.1 Å². The summed E-state index contributed by atoms with van der Waals surface area (Å²) in [6.07, 6.45) is 0.290. The molecule has 0 bridgehead atoms. The largest absolute Gasteiger partial charge is 0.497 e. The highest BCUT2D eigenvalue weighted by Gasteiger charge is 2.27. The molecule has 7 nitrogen and oxygen atoms in total. The van der Waals surface area contributed by atoms with Crippen LogP contribution < -0.4 is 20.7 Å². The quantitative estimate of drug-likeness (QED) is 0.486. The van der Waals surface area contributed by atoms with Gasteiger partial charge in [0.2, 0.25) is 11.8 Å². The number of piperazine rings is 1. The van der Waals surface area contributed by atoms with Crippen molar-refractivity contribution in [1.29, 1.82) is 0 Å². The van der Waals surface area contributed by atoms with Gasteiger partial charge in [-0.1, -0.05) is 41.9 Å². The smallest absolute Gasteiger partial charge is 0.244 e. The van der Waals surface area contributed by atoms with Crippen molar-refractivity contribution < 1.29 is 14.3 Å². The standard InChI is InChI=1S/C27H29ClN4O3.H2S/c1-35-22-12-6-19(7-13-22)18-25(33)30-20-8-10-21(11-9-20)31-14-16-32(17-15-31)27(34)26(29)23-4-2-3-5-24(23)28;/h2-13,26H,14-18,29H2,1H3,(H,30,33);1H2. The second kappa shape index (κ2) is 12.7. The van der Waals surface area contributed by atoms with Gasteiger partial charge in [-0.25, -0.2) is 0 Å². The summed E-state index contributed by atoms with van der Waals surface area (Å²) in [7, 11) is 1.61. The van der Waals surface area contributed by atoms with Gasteiger partial charge >= 0.3 is 0 Å². The Hall–Kier alpha value is -3.20. The molecule has 0 spiro atoms. The molecule has 1 aliphatic heterocycles. The van der Waals surface area contributed by atoms with Crippen LogP contribution in [0.3, 0.4) is 0 Å². The zero-order valence-electron chi connectivity index (χ0n) is 20.1. The first kappa shape index (κ1) is 27.4. The molecule has 0 aromatic heterocycles. The molecule has 1 heterocycles. The fourth-order valence-corrected chi connectivity index (χ4v) is 4.38. The molecule has 1 atom stereocenters. The number of ether oxygens (including phenoxy) is 1. The molecule has 1 saturated heterocycles. The molecular weight excluding hydrogens is 496 g/mol. The lowest BCUT2D eigenvalue weighted by Crippen LogP contribution is -2.51. The Morgan fingerprint density at radius 1 is 0.972 bits per heavy atom. The Bertz CT molecular complexity index is 1170. The van der Waals surface area contributed by atoms with Crippen LogP contribution in [0.15, 0.2) is 72.8 Å². The third-order valence-corrected chi connectivity index (χ3v) is 6.48. The van der Waals surface area contributed by atoms with E-state index in [4.69, 9.17) is 22.1 Å². The highest BCUT2D eigenvalue weighted by atomic mass is 35.5. The summed E-state index contributed by atoms with van der Waals surface area (Å²) in [5, 5.41) is 3.44. The summed E-state index contributed by atoms with van der Waals surface area (Å²) in [6, 6.07) is 21.6. The topological polar surface area (TPSA) is 87.9 Å². The summed E-state index contributed by atoms with van der Waals surface area (Å²) in [6.45, 7) is 2.56. The van der Waals surface area contributed by atoms with E-state index in [9.17, 15) is 9.59 Å². The highest BCUT2D eigenvalue weighted by Crippen LogP contribution is 2.24. The van der Waals surface area contributed by atoms with Crippen LogP contribution in [0.25, 0.3) is 0 Å². The van der Waals surface area contributed by atoms with Crippen LogP contribution in [0.1, 0.15) is 17.2 Å². The van der Waals surface area contributed by atoms with Crippen molar-refractivity contribution in [2.45, 2.75) is 12.5 Å². The first-order valence-electron chi connectivity index (χ1n) is 11.5. The Morgan fingerprint density at radius 2 is 1.61 bits per heavy atom. The predicted molar refractivity (Wildman–Crippen MR) is 149 cm³/mol. The normalized spacial score (nSPS) is 14.0. The van der Waals surface area contributed by atoms with Gasteiger partial charge in [-0.2, -0.15) is 13.5 Å². The second-order valence-electron chi connectivity index (χ2n) is 8.43. The maximum absolute atomic E-state index is 12.9. The minimum atomic E-state index is -0.768. The summed E-state index contributed by atoms with van der Waals surface area (Å²) in [4.78, 5) is 29.3. The number of benzene rings is 3. The van der Waals surface area contributed by atoms with Crippen molar-refractivity contribution in [2.75, 3.05) is 43.5 Å². The van der Waals surface area contributed by atoms with Gasteiger partial charge in [-0.05, 0) is 53.6 Å². The molecule has 1 unspecified atom stereocenters. The molecule has 4 rings (SSSR count). The zero-order valence-corrected chi connectivity index (χ0v) is 21.9. The molecular formula is C27H31ClN4O3S. The number of halogens is 1. The third kappa shape index (κ3) is 6.72. The van der Waals surface area contributed by atoms with Crippen LogP contribution in [-0.4, -0.2) is 50.0 Å². The Balaban J connectivity index is 0.00000361. The zero-order chi connectivity index (χ0) is 24.8. The third-order valence-electron chi connectivity index (χ3n) is 6.14. The van der Waals surface area contributed by atoms with E-state index >= 15 is 0 Å². The SMILES string of the molecule is COc1ccc(CC(=O)Nc2ccc(N3CCN(C(=O)C(N)c4ccccc4Cl)CC3)cc2)cc1.S. The van der Waals surface area contributed by atoms with Gasteiger partial charge in [0.15, 0.2) is 0 Å². The van der Waals surface area contributed by atoms with E-state index in [1.165, 1.54) is 0 Å². The maximum Gasteiger partial charge on any atom is 0.244 e. The summed E-state index contributed by atoms with van der Waals surface area (Å²) in [5.41, 5.74) is 9.55. The average Bonchev–Trinajstić information content (AvgIpc) is 2.89. The van der Waals surface area contributed by atoms with E-state index < -0.39 is 6.04 Å². The Labute approximate surface area is 223 Å². The monoisotopic (exact) mass is 526 g/mol. The van der Waals surface area contributed by atoms with Crippen molar-refractivity contribution in [3.8, 4) is 5.75 Å². The van der Waals surface area contributed by atoms with Crippen molar-refractivity contribution in [1.82, 2.24) is 4.90 Å². The van der Waals surface area contributed by atoms with E-state index in [-0.39, 0.29) is 31.7 Å². The second-order valence-corrected chi connectivity index (χ2v) is 8.84. The number of rotatable bonds is 7. The van der Waals surface area contributed by atoms with Gasteiger partial charge in [0.05, 0.1) is 13.5 Å². The van der Waals surface area contributed by atoms with Gasteiger partial charge in [-0.15, -0.1) is 0 Å². The predicted octanol–water partition coefficient (Wildman–Crippen LogP) is 3.99. The molecule has 3 N–H and O–H groups in total. The minimum absolute atomic E-state index is 0. The first-order chi connectivity index (χ1) is 16.9. The van der Waals surface area contributed by atoms with Crippen LogP contribution in [0.2, 0.25) is 5.02 Å². The number of anilines is 2. The van der Waals surface area contributed by atoms with Gasteiger partial charge in [0.1, 0.15) is 11.8 Å². The number of carbonyl (C=O) groups excluding carboxylic acids is 2. The lowest BCUT2D eigenvalue weighted by Gasteiger charge is -2.37. The van der Waals surface area contributed by atoms with Crippen molar-refractivity contribution >= 4 is 48.3 Å². The molecule has 3 aromatic carbocycles. The molecule has 36 heavy (non-hydrogen) atoms. The average molecular weight is 527 g/mol. The first-order valence-corrected chi connectivity index (χ1v) is 11.9. The molecule has 0 saturated carbocycles. The number of nitrogens with one attached hydrogen (secondary N) is 1. The van der Waals surface area contributed by atoms with Crippen LogP contribution in [-0.2, 0) is 16.0 Å². The number of amides is 2. The maximum atomic E-state index is 12.9. The van der Waals surface area contributed by atoms with Crippen LogP contribution in [0, 0.1) is 0 Å². The molecule has 2 amide bonds. The fraction of sp³-hybridized carbons (Fsp3) is 0.259. The van der Waals surface area contributed by atoms with Gasteiger partial charge in [0.25, 0.3) is 0 Å². The Kier molecular flexibility index (Phi) is 9.64. The summed E-state index contributed by atoms with van der Waals surface area (Å²) in [5.74, 6) is 0.566. The molecule has 0 aliphatic carbocycles. The van der Waals surface area contributed by atoms with E-state index in [0.717, 1.165) is 22.7 Å². The van der Waals surface area contributed by atoms with Gasteiger partial charge in [0, 0.05) is 42.6 Å². The number of nitrogens with two attached hydrogens (primary N) is 1. The molecule has 0 radical (unpaired) electrons. The van der Waals surface area contributed by atoms with Crippen LogP contribution in [0.5, 0.6) is 5.75 Å². The molecule has 190 valence electrons. The molecule has 1 fully saturated rings. The molecule has 3 aromatic rings. The fourth-order valence-electron chi connectivity index (χ4n) is 4.13. The van der Waals surface area contributed by atoms with E-state index in [0.29, 0.717) is 36.8 Å². The number of carbonyl (C=O) groups is 2. The molecule has 1 aliphatic rings. The molecule has 9 heteroatoms. The lowest BCUT2D eigenvalue weighted by atomic mass is 10.1. The van der Waals surface area contributed by atoms with Crippen molar-refractivity contribution in [2.24, 2.45) is 5.73 Å². The summed E-state index contributed by atoms with van der Waals surface area (Å²) < 4.78 is 5.15. The van der Waals surface area contributed by atoms with Crippen LogP contribution >= 0.6 is 25.1 Å². The van der Waals surface area contributed by atoms with Crippen molar-refractivity contribution in [3.63, 3.8) is 0 Å². The highest BCUT2D eigenvalue weighted by molar-refractivity contribution is 7.59. The lowest BCUT2D eigenvalue weighted by molar-refractivity contribution is -0.133. The Morgan fingerprint density at radius 3 is 2.22 bits per heavy atom. The number of nitrogens with zero attached hydrogens (tertiary/aromatic N) is 2. The van der Waals surface area contributed by atoms with Crippen molar-refractivity contribution in [3.05, 3.63) is 88.9 Å². The van der Waals surface area contributed by atoms with Gasteiger partial charge < -0.3 is 25.6 Å². The number of hydrogen-bond donors (Lipinski definition) is 2. The van der Waals surface area contributed by atoms with E-state index in [1.807, 2.05) is 60.7 Å². The number of methoxy groups -OCH3 is 1. The summed E-state index contributed by atoms with van der Waals surface area (Å²) >= 11 is 6.21.